The van der Waals surface area contributed by atoms with Crippen molar-refractivity contribution in [2.45, 2.75) is 69.7 Å². The number of ether oxygens (including phenoxy) is 4. The van der Waals surface area contributed by atoms with Gasteiger partial charge in [-0.15, -0.1) is 0 Å². The number of imidazole rings is 1. The number of aromatic nitrogens is 5. The second-order valence-corrected chi connectivity index (χ2v) is 21.2. The molecule has 16 heteroatoms. The highest BCUT2D eigenvalue weighted by molar-refractivity contribution is 7.84. The maximum Gasteiger partial charge on any atom is 0.301 e. The van der Waals surface area contributed by atoms with Crippen LogP contribution in [0.5, 0.6) is 6.01 Å². The fraction of sp³-hybridized carbons (Fsp3) is 0.485. The van der Waals surface area contributed by atoms with Crippen LogP contribution in [0, 0.1) is 0 Å². The van der Waals surface area contributed by atoms with Gasteiger partial charge < -0.3 is 24.1 Å². The Morgan fingerprint density at radius 2 is 1.82 bits per heavy atom. The third kappa shape index (κ3) is 7.43. The highest BCUT2D eigenvalue weighted by atomic mass is 35.5. The van der Waals surface area contributed by atoms with Crippen LogP contribution >= 0.6 is 11.6 Å². The average molecular weight is 726 g/mol. The minimum Gasteiger partial charge on any atom is -0.456 e. The summed E-state index contributed by atoms with van der Waals surface area (Å²) in [4.78, 5) is 30.8. The Morgan fingerprint density at radius 1 is 1.08 bits per heavy atom. The van der Waals surface area contributed by atoms with E-state index in [0.717, 1.165) is 30.1 Å². The molecule has 260 valence electrons. The molecule has 0 radical (unpaired) electrons. The Balaban J connectivity index is 1.13. The maximum absolute atomic E-state index is 12.1. The topological polar surface area (TPSA) is 146 Å². The molecule has 0 saturated carbocycles. The number of halogens is 1. The van der Waals surface area contributed by atoms with E-state index in [-0.39, 0.29) is 32.0 Å². The van der Waals surface area contributed by atoms with Crippen LogP contribution in [0.15, 0.2) is 47.1 Å². The Labute approximate surface area is 293 Å². The van der Waals surface area contributed by atoms with Gasteiger partial charge in [-0.2, -0.15) is 4.98 Å². The number of carbonyl (C=O) groups excluding carboxylic acids is 1. The molecular weight excluding hydrogens is 686 g/mol. The number of carbonyl (C=O) groups is 1. The number of fused-ring (bicyclic) bond motifs is 2. The molecule has 49 heavy (non-hydrogen) atoms. The molecule has 3 aliphatic heterocycles. The van der Waals surface area contributed by atoms with Gasteiger partial charge in [0, 0.05) is 45.0 Å². The fourth-order valence-corrected chi connectivity index (χ4v) is 8.32. The minimum absolute atomic E-state index is 0.141. The second kappa shape index (κ2) is 14.1. The van der Waals surface area contributed by atoms with Gasteiger partial charge in [0.2, 0.25) is 5.91 Å². The van der Waals surface area contributed by atoms with E-state index in [4.69, 9.17) is 40.5 Å². The summed E-state index contributed by atoms with van der Waals surface area (Å²) < 4.78 is 32.3. The summed E-state index contributed by atoms with van der Waals surface area (Å²) in [6, 6.07) is 10.8. The van der Waals surface area contributed by atoms with Gasteiger partial charge in [0.05, 0.1) is 36.3 Å². The molecule has 5 atom stereocenters. The van der Waals surface area contributed by atoms with Crippen molar-refractivity contribution in [2.75, 3.05) is 32.6 Å². The van der Waals surface area contributed by atoms with Crippen molar-refractivity contribution in [3.05, 3.63) is 47.7 Å². The van der Waals surface area contributed by atoms with Crippen molar-refractivity contribution >= 4 is 53.3 Å². The first-order chi connectivity index (χ1) is 23.5. The van der Waals surface area contributed by atoms with Crippen LogP contribution in [0.1, 0.15) is 12.8 Å². The van der Waals surface area contributed by atoms with Gasteiger partial charge in [-0.25, -0.2) is 19.3 Å². The smallest absolute Gasteiger partial charge is 0.301 e. The third-order valence-corrected chi connectivity index (χ3v) is 12.2. The molecule has 13 nitrogen and oxygen atoms in total. The predicted molar refractivity (Wildman–Crippen MR) is 189 cm³/mol. The standard InChI is InChI=1S/C33H40ClN7O6SSi/c1-48(41-11-5-6-27(41)43)39-22-15-35-31(36-16-22)21-9-7-20(8-10-21)28-23(34)14-24-32(38-28)40(19-44-12-13-49(2,3)4)33(37-24)47-26-18-46-29-25(42)17-45-30(26)29/h7-10,14-16,25-26,29-30,42H,5-6,11-13,17-19H2,1-4H3/t25-,26-,29-,30-,48?/m1/s1. The number of nitrogens with zero attached hydrogens (tertiary/aromatic N) is 7. The van der Waals surface area contributed by atoms with E-state index >= 15 is 0 Å². The van der Waals surface area contributed by atoms with E-state index in [1.165, 1.54) is 0 Å². The summed E-state index contributed by atoms with van der Waals surface area (Å²) in [5.41, 5.74) is 3.99. The third-order valence-electron chi connectivity index (χ3n) is 8.74. The summed E-state index contributed by atoms with van der Waals surface area (Å²) in [6.45, 7) is 8.95. The first-order valence-corrected chi connectivity index (χ1v) is 22.0. The quantitative estimate of drug-likeness (QED) is 0.165. The zero-order chi connectivity index (χ0) is 34.3. The van der Waals surface area contributed by atoms with Crippen molar-refractivity contribution in [3.63, 3.8) is 0 Å². The molecule has 3 fully saturated rings. The molecule has 0 aliphatic carbocycles. The van der Waals surface area contributed by atoms with Crippen LogP contribution in [-0.4, -0.2) is 105 Å². The number of pyridine rings is 1. The van der Waals surface area contributed by atoms with E-state index in [1.54, 1.807) is 18.5 Å². The van der Waals surface area contributed by atoms with Gasteiger partial charge in [-0.1, -0.05) is 55.5 Å². The molecule has 4 aromatic rings. The normalized spacial score (nSPS) is 23.1. The molecule has 1 N–H and O–H groups in total. The predicted octanol–water partition coefficient (Wildman–Crippen LogP) is 5.03. The zero-order valence-corrected chi connectivity index (χ0v) is 30.5. The summed E-state index contributed by atoms with van der Waals surface area (Å²) in [7, 11) is -1.86. The van der Waals surface area contributed by atoms with Crippen LogP contribution in [0.25, 0.3) is 33.8 Å². The molecule has 7 rings (SSSR count). The average Bonchev–Trinajstić information content (AvgIpc) is 3.85. The SMILES string of the molecule is CS(=Nc1cnc(-c2ccc(-c3nc4c(cc3Cl)nc(O[C@@H]3CO[C@H]5[C@@H]3OC[C@H]5O)n4COCC[Si](C)(C)C)cc2)nc1)N1CCCC1=O. The van der Waals surface area contributed by atoms with Gasteiger partial charge in [-0.3, -0.25) is 13.7 Å². The van der Waals surface area contributed by atoms with E-state index in [0.29, 0.717) is 52.4 Å². The molecular formula is C33H40ClN7O6SSi. The molecule has 1 unspecified atom stereocenters. The molecule has 3 aromatic heterocycles. The van der Waals surface area contributed by atoms with Crippen molar-refractivity contribution in [3.8, 4) is 28.7 Å². The Bertz CT molecular complexity index is 1870. The molecule has 3 saturated heterocycles. The number of benzene rings is 1. The number of hydrogen-bond donors (Lipinski definition) is 1. The lowest BCUT2D eigenvalue weighted by Crippen LogP contribution is -2.35. The van der Waals surface area contributed by atoms with Gasteiger partial charge in [-0.05, 0) is 29.4 Å². The first kappa shape index (κ1) is 34.2. The number of aliphatic hydroxyl groups is 1. The summed E-state index contributed by atoms with van der Waals surface area (Å²) in [5.74, 6) is 0.697. The number of amides is 1. The first-order valence-electron chi connectivity index (χ1n) is 16.4. The van der Waals surface area contributed by atoms with Crippen LogP contribution < -0.4 is 4.74 Å². The molecule has 3 aliphatic rings. The molecule has 0 spiro atoms. The van der Waals surface area contributed by atoms with Crippen molar-refractivity contribution in [1.29, 1.82) is 0 Å². The van der Waals surface area contributed by atoms with Gasteiger partial charge >= 0.3 is 6.01 Å². The lowest BCUT2D eigenvalue weighted by molar-refractivity contribution is -0.123. The van der Waals surface area contributed by atoms with Gasteiger partial charge in [0.25, 0.3) is 0 Å². The second-order valence-electron chi connectivity index (χ2n) is 13.6. The van der Waals surface area contributed by atoms with E-state index in [9.17, 15) is 9.90 Å². The van der Waals surface area contributed by atoms with E-state index < -0.39 is 37.3 Å². The number of hydrogen-bond acceptors (Lipinski definition) is 11. The zero-order valence-electron chi connectivity index (χ0n) is 27.9. The lowest BCUT2D eigenvalue weighted by Gasteiger charge is -2.19. The van der Waals surface area contributed by atoms with Crippen LogP contribution in [0.3, 0.4) is 0 Å². The molecule has 6 heterocycles. The van der Waals surface area contributed by atoms with E-state index in [2.05, 4.69) is 34.0 Å². The molecule has 1 amide bonds. The van der Waals surface area contributed by atoms with Crippen LogP contribution in [0.4, 0.5) is 5.69 Å². The number of rotatable bonds is 11. The van der Waals surface area contributed by atoms with Crippen molar-refractivity contribution in [2.24, 2.45) is 4.36 Å². The van der Waals surface area contributed by atoms with Crippen LogP contribution in [0.2, 0.25) is 30.7 Å². The fourth-order valence-electron chi connectivity index (χ4n) is 6.03. The van der Waals surface area contributed by atoms with E-state index in [1.807, 2.05) is 39.4 Å². The number of aliphatic hydroxyl groups excluding tert-OH is 1. The highest BCUT2D eigenvalue weighted by Crippen LogP contribution is 2.34. The summed E-state index contributed by atoms with van der Waals surface area (Å²) in [6.07, 6.45) is 4.81. The molecule has 0 bridgehead atoms. The summed E-state index contributed by atoms with van der Waals surface area (Å²) >= 11 is 6.80. The summed E-state index contributed by atoms with van der Waals surface area (Å²) in [5, 5.41) is 10.6. The van der Waals surface area contributed by atoms with Crippen molar-refractivity contribution < 1.29 is 28.8 Å². The van der Waals surface area contributed by atoms with Gasteiger partial charge in [0.15, 0.2) is 17.6 Å². The van der Waals surface area contributed by atoms with Gasteiger partial charge in [0.1, 0.15) is 36.2 Å². The van der Waals surface area contributed by atoms with Crippen LogP contribution in [-0.2, 0) is 36.6 Å². The Hall–Kier alpha value is -3.31. The monoisotopic (exact) mass is 725 g/mol. The Kier molecular flexibility index (Phi) is 9.85. The lowest BCUT2D eigenvalue weighted by atomic mass is 10.1. The molecule has 1 aromatic carbocycles. The largest absolute Gasteiger partial charge is 0.456 e. The highest BCUT2D eigenvalue weighted by Gasteiger charge is 2.49. The van der Waals surface area contributed by atoms with Crippen molar-refractivity contribution in [1.82, 2.24) is 28.8 Å². The maximum atomic E-state index is 12.1. The Morgan fingerprint density at radius 3 is 2.53 bits per heavy atom. The minimum atomic E-state index is -1.30.